The van der Waals surface area contributed by atoms with E-state index in [4.69, 9.17) is 28.9 Å². The van der Waals surface area contributed by atoms with Gasteiger partial charge < -0.3 is 5.73 Å². The van der Waals surface area contributed by atoms with Crippen molar-refractivity contribution in [1.29, 1.82) is 0 Å². The van der Waals surface area contributed by atoms with Gasteiger partial charge >= 0.3 is 0 Å². The van der Waals surface area contributed by atoms with Crippen LogP contribution >= 0.6 is 23.2 Å². The molecule has 0 saturated heterocycles. The van der Waals surface area contributed by atoms with Crippen LogP contribution < -0.4 is 10.5 Å². The minimum absolute atomic E-state index is 0.0524. The van der Waals surface area contributed by atoms with Gasteiger partial charge in [-0.2, -0.15) is 0 Å². The van der Waals surface area contributed by atoms with Crippen molar-refractivity contribution < 1.29 is 8.42 Å². The maximum absolute atomic E-state index is 12.3. The van der Waals surface area contributed by atoms with Gasteiger partial charge in [-0.1, -0.05) is 53.0 Å². The molecule has 2 aromatic carbocycles. The van der Waals surface area contributed by atoms with E-state index in [1.54, 1.807) is 0 Å². The smallest absolute Gasteiger partial charge is 0.242 e. The van der Waals surface area contributed by atoms with Gasteiger partial charge in [0.25, 0.3) is 0 Å². The van der Waals surface area contributed by atoms with Gasteiger partial charge in [0.2, 0.25) is 10.0 Å². The fourth-order valence-electron chi connectivity index (χ4n) is 1.72. The second-order valence-electron chi connectivity index (χ2n) is 4.58. The highest BCUT2D eigenvalue weighted by atomic mass is 35.5. The lowest BCUT2D eigenvalue weighted by Gasteiger charge is -2.10. The van der Waals surface area contributed by atoms with Gasteiger partial charge in [-0.05, 0) is 24.6 Å². The fraction of sp³-hybridized carbons (Fsp3) is 0.143. The number of hydrogen-bond acceptors (Lipinski definition) is 3. The van der Waals surface area contributed by atoms with E-state index in [9.17, 15) is 8.42 Å². The van der Waals surface area contributed by atoms with Crippen molar-refractivity contribution in [2.45, 2.75) is 18.4 Å². The fourth-order valence-corrected chi connectivity index (χ4v) is 3.50. The van der Waals surface area contributed by atoms with Crippen LogP contribution in [-0.4, -0.2) is 8.42 Å². The molecule has 0 spiro atoms. The molecule has 0 bridgehead atoms. The Labute approximate surface area is 133 Å². The van der Waals surface area contributed by atoms with Gasteiger partial charge in [-0.15, -0.1) is 0 Å². The highest BCUT2D eigenvalue weighted by molar-refractivity contribution is 7.89. The largest absolute Gasteiger partial charge is 0.396 e. The summed E-state index contributed by atoms with van der Waals surface area (Å²) in [5.41, 5.74) is 7.66. The lowest BCUT2D eigenvalue weighted by Crippen LogP contribution is -2.23. The van der Waals surface area contributed by atoms with Crippen LogP contribution in [0.4, 0.5) is 5.69 Å². The highest BCUT2D eigenvalue weighted by Crippen LogP contribution is 2.32. The number of nitrogens with one attached hydrogen (secondary N) is 1. The first kappa shape index (κ1) is 16.1. The molecule has 0 saturated carbocycles. The molecule has 112 valence electrons. The van der Waals surface area contributed by atoms with Crippen molar-refractivity contribution in [3.05, 3.63) is 57.6 Å². The van der Waals surface area contributed by atoms with Gasteiger partial charge in [0.05, 0.1) is 15.7 Å². The summed E-state index contributed by atoms with van der Waals surface area (Å²) in [6, 6.07) is 10.3. The molecule has 0 aliphatic carbocycles. The van der Waals surface area contributed by atoms with Crippen molar-refractivity contribution in [3.63, 3.8) is 0 Å². The zero-order chi connectivity index (χ0) is 15.6. The topological polar surface area (TPSA) is 72.2 Å². The number of sulfonamides is 1. The molecule has 21 heavy (non-hydrogen) atoms. The lowest BCUT2D eigenvalue weighted by atomic mass is 10.2. The zero-order valence-corrected chi connectivity index (χ0v) is 13.6. The molecule has 0 amide bonds. The molecule has 0 aliphatic rings. The molecule has 2 aromatic rings. The minimum atomic E-state index is -3.76. The molecular formula is C14H14Cl2N2O2S. The third-order valence-electron chi connectivity index (χ3n) is 2.97. The standard InChI is InChI=1S/C14H14Cl2N2O2S/c1-9-2-4-10(5-3-9)8-18-21(19,20)12-7-6-11(15)14(17)13(12)16/h2-7,18H,8,17H2,1H3. The minimum Gasteiger partial charge on any atom is -0.396 e. The van der Waals surface area contributed by atoms with Crippen molar-refractivity contribution in [2.75, 3.05) is 5.73 Å². The number of rotatable bonds is 4. The third-order valence-corrected chi connectivity index (χ3v) is 5.26. The molecule has 0 heterocycles. The number of nitrogen functional groups attached to an aromatic ring is 1. The van der Waals surface area contributed by atoms with E-state index in [2.05, 4.69) is 4.72 Å². The van der Waals surface area contributed by atoms with Gasteiger partial charge in [0, 0.05) is 6.54 Å². The summed E-state index contributed by atoms with van der Waals surface area (Å²) in [5.74, 6) is 0. The average molecular weight is 345 g/mol. The summed E-state index contributed by atoms with van der Waals surface area (Å²) in [4.78, 5) is -0.0850. The summed E-state index contributed by atoms with van der Waals surface area (Å²) in [6.45, 7) is 2.13. The molecule has 7 heteroatoms. The maximum Gasteiger partial charge on any atom is 0.242 e. The maximum atomic E-state index is 12.3. The SMILES string of the molecule is Cc1ccc(CNS(=O)(=O)c2ccc(Cl)c(N)c2Cl)cc1. The molecule has 0 fully saturated rings. The molecule has 0 unspecified atom stereocenters. The number of hydrogen-bond donors (Lipinski definition) is 2. The van der Waals surface area contributed by atoms with Gasteiger partial charge in [-0.3, -0.25) is 0 Å². The summed E-state index contributed by atoms with van der Waals surface area (Å²) in [6.07, 6.45) is 0. The van der Waals surface area contributed by atoms with Crippen LogP contribution in [0.2, 0.25) is 10.0 Å². The summed E-state index contributed by atoms with van der Waals surface area (Å²) >= 11 is 11.8. The van der Waals surface area contributed by atoms with E-state index in [1.165, 1.54) is 12.1 Å². The first-order valence-corrected chi connectivity index (χ1v) is 8.34. The van der Waals surface area contributed by atoms with Gasteiger partial charge in [-0.25, -0.2) is 13.1 Å². The van der Waals surface area contributed by atoms with E-state index in [0.29, 0.717) is 0 Å². The van der Waals surface area contributed by atoms with Crippen LogP contribution in [0.1, 0.15) is 11.1 Å². The second-order valence-corrected chi connectivity index (χ2v) is 7.10. The van der Waals surface area contributed by atoms with Crippen molar-refractivity contribution in [2.24, 2.45) is 0 Å². The van der Waals surface area contributed by atoms with Crippen LogP contribution in [-0.2, 0) is 16.6 Å². The molecule has 4 nitrogen and oxygen atoms in total. The van der Waals surface area contributed by atoms with Crippen LogP contribution in [0.25, 0.3) is 0 Å². The van der Waals surface area contributed by atoms with Gasteiger partial charge in [0.1, 0.15) is 4.90 Å². The van der Waals surface area contributed by atoms with E-state index in [1.807, 2.05) is 31.2 Å². The molecule has 0 aromatic heterocycles. The van der Waals surface area contributed by atoms with Gasteiger partial charge in [0.15, 0.2) is 0 Å². The Balaban J connectivity index is 2.23. The van der Waals surface area contributed by atoms with E-state index in [-0.39, 0.29) is 27.2 Å². The molecule has 3 N–H and O–H groups in total. The monoisotopic (exact) mass is 344 g/mol. The highest BCUT2D eigenvalue weighted by Gasteiger charge is 2.20. The zero-order valence-electron chi connectivity index (χ0n) is 11.2. The van der Waals surface area contributed by atoms with Crippen molar-refractivity contribution >= 4 is 38.9 Å². The average Bonchev–Trinajstić information content (AvgIpc) is 2.44. The Morgan fingerprint density at radius 2 is 1.71 bits per heavy atom. The number of halogens is 2. The quantitative estimate of drug-likeness (QED) is 0.835. The van der Waals surface area contributed by atoms with Crippen LogP contribution in [0, 0.1) is 6.92 Å². The molecule has 0 atom stereocenters. The first-order chi connectivity index (χ1) is 9.81. The summed E-state index contributed by atoms with van der Waals surface area (Å²) < 4.78 is 27.0. The van der Waals surface area contributed by atoms with E-state index < -0.39 is 10.0 Å². The Kier molecular flexibility index (Phi) is 4.78. The van der Waals surface area contributed by atoms with Crippen molar-refractivity contribution in [3.8, 4) is 0 Å². The predicted molar refractivity (Wildman–Crippen MR) is 86.1 cm³/mol. The third kappa shape index (κ3) is 3.68. The lowest BCUT2D eigenvalue weighted by molar-refractivity contribution is 0.581. The number of nitrogens with two attached hydrogens (primary N) is 1. The van der Waals surface area contributed by atoms with Crippen molar-refractivity contribution in [1.82, 2.24) is 4.72 Å². The predicted octanol–water partition coefficient (Wildman–Crippen LogP) is 3.36. The molecule has 0 aliphatic heterocycles. The van der Waals surface area contributed by atoms with Crippen LogP contribution in [0.5, 0.6) is 0 Å². The Morgan fingerprint density at radius 1 is 1.10 bits per heavy atom. The Hall–Kier alpha value is -1.27. The molecular weight excluding hydrogens is 331 g/mol. The second kappa shape index (κ2) is 6.23. The normalized spacial score (nSPS) is 11.6. The number of anilines is 1. The van der Waals surface area contributed by atoms with E-state index in [0.717, 1.165) is 11.1 Å². The van der Waals surface area contributed by atoms with E-state index >= 15 is 0 Å². The number of benzene rings is 2. The number of aryl methyl sites for hydroxylation is 1. The summed E-state index contributed by atoms with van der Waals surface area (Å²) in [7, 11) is -3.76. The van der Waals surface area contributed by atoms with Crippen LogP contribution in [0.15, 0.2) is 41.3 Å². The Bertz CT molecular complexity index is 759. The van der Waals surface area contributed by atoms with Crippen LogP contribution in [0.3, 0.4) is 0 Å². The Morgan fingerprint density at radius 3 is 2.33 bits per heavy atom. The first-order valence-electron chi connectivity index (χ1n) is 6.10. The molecule has 0 radical (unpaired) electrons. The molecule has 2 rings (SSSR count). The summed E-state index contributed by atoms with van der Waals surface area (Å²) in [5, 5.41) is 0.149.